The fraction of sp³-hybridized carbons (Fsp3) is 0.381. The summed E-state index contributed by atoms with van der Waals surface area (Å²) in [7, 11) is 1.83. The highest BCUT2D eigenvalue weighted by atomic mass is 19.1. The van der Waals surface area contributed by atoms with Gasteiger partial charge >= 0.3 is 0 Å². The lowest BCUT2D eigenvalue weighted by Crippen LogP contribution is -2.40. The van der Waals surface area contributed by atoms with Crippen molar-refractivity contribution in [2.45, 2.75) is 13.0 Å². The molecule has 1 saturated heterocycles. The lowest BCUT2D eigenvalue weighted by atomic mass is 10.2. The zero-order valence-corrected chi connectivity index (χ0v) is 15.3. The number of benzene rings is 2. The van der Waals surface area contributed by atoms with E-state index in [1.54, 1.807) is 4.90 Å². The largest absolute Gasteiger partial charge is 0.314 e. The number of anilines is 1. The summed E-state index contributed by atoms with van der Waals surface area (Å²) in [6, 6.07) is 16.4. The van der Waals surface area contributed by atoms with Crippen molar-refractivity contribution in [3.63, 3.8) is 0 Å². The van der Waals surface area contributed by atoms with Gasteiger partial charge in [0.25, 0.3) is 0 Å². The number of nitrogens with zero attached hydrogens (tertiary/aromatic N) is 3. The van der Waals surface area contributed by atoms with Crippen LogP contribution >= 0.6 is 0 Å². The first-order chi connectivity index (χ1) is 12.6. The standard InChI is InChI=1S/C21H26FN3O/c1-23(20-6-3-2-4-7-20)21(26)17-25-13-5-12-24(14-15-25)16-18-8-10-19(22)11-9-18/h2-4,6-11H,5,12-17H2,1H3. The van der Waals surface area contributed by atoms with E-state index in [1.807, 2.05) is 49.5 Å². The van der Waals surface area contributed by atoms with Gasteiger partial charge in [-0.1, -0.05) is 30.3 Å². The molecule has 0 aliphatic carbocycles. The summed E-state index contributed by atoms with van der Waals surface area (Å²) in [4.78, 5) is 18.9. The molecular formula is C21H26FN3O. The quantitative estimate of drug-likeness (QED) is 0.825. The van der Waals surface area contributed by atoms with Crippen LogP contribution in [-0.4, -0.2) is 55.5 Å². The first-order valence-corrected chi connectivity index (χ1v) is 9.12. The maximum Gasteiger partial charge on any atom is 0.240 e. The topological polar surface area (TPSA) is 26.8 Å². The molecule has 2 aromatic carbocycles. The zero-order valence-electron chi connectivity index (χ0n) is 15.3. The van der Waals surface area contributed by atoms with Gasteiger partial charge in [0.2, 0.25) is 5.91 Å². The molecule has 0 atom stereocenters. The highest BCUT2D eigenvalue weighted by molar-refractivity contribution is 5.94. The van der Waals surface area contributed by atoms with Crippen LogP contribution in [0.1, 0.15) is 12.0 Å². The van der Waals surface area contributed by atoms with Gasteiger partial charge in [-0.2, -0.15) is 0 Å². The molecule has 1 fully saturated rings. The van der Waals surface area contributed by atoms with Crippen LogP contribution < -0.4 is 4.90 Å². The summed E-state index contributed by atoms with van der Waals surface area (Å²) in [6.07, 6.45) is 1.03. The van der Waals surface area contributed by atoms with Crippen molar-refractivity contribution in [1.82, 2.24) is 9.80 Å². The van der Waals surface area contributed by atoms with E-state index in [9.17, 15) is 9.18 Å². The molecule has 0 saturated carbocycles. The fourth-order valence-electron chi connectivity index (χ4n) is 3.28. The summed E-state index contributed by atoms with van der Waals surface area (Å²) < 4.78 is 13.0. The third-order valence-electron chi connectivity index (χ3n) is 4.88. The first kappa shape index (κ1) is 18.5. The van der Waals surface area contributed by atoms with Crippen molar-refractivity contribution in [2.24, 2.45) is 0 Å². The van der Waals surface area contributed by atoms with E-state index in [1.165, 1.54) is 12.1 Å². The molecule has 1 aliphatic rings. The van der Waals surface area contributed by atoms with Crippen LogP contribution in [-0.2, 0) is 11.3 Å². The van der Waals surface area contributed by atoms with Crippen molar-refractivity contribution >= 4 is 11.6 Å². The molecule has 4 nitrogen and oxygen atoms in total. The van der Waals surface area contributed by atoms with Gasteiger partial charge in [-0.05, 0) is 49.3 Å². The van der Waals surface area contributed by atoms with Crippen molar-refractivity contribution < 1.29 is 9.18 Å². The second-order valence-corrected chi connectivity index (χ2v) is 6.82. The van der Waals surface area contributed by atoms with Crippen LogP contribution in [0.15, 0.2) is 54.6 Å². The Hall–Kier alpha value is -2.24. The summed E-state index contributed by atoms with van der Waals surface area (Å²) in [5, 5.41) is 0. The Morgan fingerprint density at radius 3 is 2.35 bits per heavy atom. The highest BCUT2D eigenvalue weighted by Gasteiger charge is 2.19. The second-order valence-electron chi connectivity index (χ2n) is 6.82. The number of hydrogen-bond donors (Lipinski definition) is 0. The van der Waals surface area contributed by atoms with Crippen LogP contribution in [0.25, 0.3) is 0 Å². The number of halogens is 1. The van der Waals surface area contributed by atoms with Crippen molar-refractivity contribution in [1.29, 1.82) is 0 Å². The SMILES string of the molecule is CN(C(=O)CN1CCCN(Cc2ccc(F)cc2)CC1)c1ccccc1. The lowest BCUT2D eigenvalue weighted by Gasteiger charge is -2.24. The molecule has 0 spiro atoms. The molecule has 26 heavy (non-hydrogen) atoms. The Kier molecular flexibility index (Phi) is 6.36. The molecule has 0 radical (unpaired) electrons. The number of likely N-dealkylation sites (N-methyl/N-ethyl adjacent to an activating group) is 1. The van der Waals surface area contributed by atoms with Gasteiger partial charge in [-0.15, -0.1) is 0 Å². The summed E-state index contributed by atoms with van der Waals surface area (Å²) in [6.45, 7) is 4.97. The molecule has 138 valence electrons. The smallest absolute Gasteiger partial charge is 0.240 e. The van der Waals surface area contributed by atoms with Crippen LogP contribution in [0.5, 0.6) is 0 Å². The highest BCUT2D eigenvalue weighted by Crippen LogP contribution is 2.13. The molecule has 3 rings (SSSR count). The third-order valence-corrected chi connectivity index (χ3v) is 4.88. The number of hydrogen-bond acceptors (Lipinski definition) is 3. The van der Waals surface area contributed by atoms with Crippen molar-refractivity contribution in [3.05, 3.63) is 66.0 Å². The van der Waals surface area contributed by atoms with Gasteiger partial charge in [0.1, 0.15) is 5.82 Å². The Morgan fingerprint density at radius 1 is 0.962 bits per heavy atom. The number of amides is 1. The number of rotatable bonds is 5. The van der Waals surface area contributed by atoms with Crippen LogP contribution in [0.2, 0.25) is 0 Å². The molecule has 1 amide bonds. The molecule has 1 heterocycles. The van der Waals surface area contributed by atoms with E-state index < -0.39 is 0 Å². The molecule has 0 N–H and O–H groups in total. The van der Waals surface area contributed by atoms with Crippen LogP contribution in [0, 0.1) is 5.82 Å². The van der Waals surface area contributed by atoms with Gasteiger partial charge < -0.3 is 4.90 Å². The molecule has 1 aliphatic heterocycles. The number of carbonyl (C=O) groups excluding carboxylic acids is 1. The average Bonchev–Trinajstić information content (AvgIpc) is 2.89. The van der Waals surface area contributed by atoms with E-state index in [0.717, 1.165) is 50.4 Å². The third kappa shape index (κ3) is 5.13. The van der Waals surface area contributed by atoms with Gasteiger partial charge in [0.15, 0.2) is 0 Å². The van der Waals surface area contributed by atoms with Crippen LogP contribution in [0.4, 0.5) is 10.1 Å². The van der Waals surface area contributed by atoms with E-state index >= 15 is 0 Å². The molecule has 5 heteroatoms. The first-order valence-electron chi connectivity index (χ1n) is 9.12. The molecule has 0 aromatic heterocycles. The minimum Gasteiger partial charge on any atom is -0.314 e. The minimum atomic E-state index is -0.197. The summed E-state index contributed by atoms with van der Waals surface area (Å²) in [5.74, 6) is -0.0833. The van der Waals surface area contributed by atoms with E-state index in [2.05, 4.69) is 9.80 Å². The van der Waals surface area contributed by atoms with Gasteiger partial charge in [-0.3, -0.25) is 14.6 Å². The van der Waals surface area contributed by atoms with E-state index in [4.69, 9.17) is 0 Å². The monoisotopic (exact) mass is 355 g/mol. The second kappa shape index (κ2) is 8.92. The predicted molar refractivity (Wildman–Crippen MR) is 103 cm³/mol. The fourth-order valence-corrected chi connectivity index (χ4v) is 3.28. The number of para-hydroxylation sites is 1. The molecule has 2 aromatic rings. The predicted octanol–water partition coefficient (Wildman–Crippen LogP) is 3.00. The Bertz CT molecular complexity index is 705. The van der Waals surface area contributed by atoms with E-state index in [0.29, 0.717) is 6.54 Å². The average molecular weight is 355 g/mol. The Balaban J connectivity index is 1.50. The van der Waals surface area contributed by atoms with Gasteiger partial charge in [-0.25, -0.2) is 4.39 Å². The number of carbonyl (C=O) groups is 1. The maximum atomic E-state index is 13.0. The zero-order chi connectivity index (χ0) is 18.4. The molecular weight excluding hydrogens is 329 g/mol. The van der Waals surface area contributed by atoms with Crippen LogP contribution in [0.3, 0.4) is 0 Å². The Labute approximate surface area is 154 Å². The maximum absolute atomic E-state index is 13.0. The minimum absolute atomic E-state index is 0.114. The van der Waals surface area contributed by atoms with Gasteiger partial charge in [0.05, 0.1) is 6.54 Å². The normalized spacial score (nSPS) is 16.2. The van der Waals surface area contributed by atoms with Gasteiger partial charge in [0, 0.05) is 32.4 Å². The Morgan fingerprint density at radius 2 is 1.62 bits per heavy atom. The lowest BCUT2D eigenvalue weighted by molar-refractivity contribution is -0.119. The van der Waals surface area contributed by atoms with E-state index in [-0.39, 0.29) is 11.7 Å². The van der Waals surface area contributed by atoms with Crippen molar-refractivity contribution in [3.8, 4) is 0 Å². The molecule has 0 unspecified atom stereocenters. The van der Waals surface area contributed by atoms with Crippen molar-refractivity contribution in [2.75, 3.05) is 44.7 Å². The summed E-state index contributed by atoms with van der Waals surface area (Å²) >= 11 is 0. The summed E-state index contributed by atoms with van der Waals surface area (Å²) in [5.41, 5.74) is 2.05. The molecule has 0 bridgehead atoms.